The zero-order chi connectivity index (χ0) is 13.9. The van der Waals surface area contributed by atoms with Crippen LogP contribution in [0.3, 0.4) is 0 Å². The fourth-order valence-electron chi connectivity index (χ4n) is 2.32. The van der Waals surface area contributed by atoms with E-state index in [1.54, 1.807) is 7.11 Å². The van der Waals surface area contributed by atoms with E-state index >= 15 is 0 Å². The van der Waals surface area contributed by atoms with Crippen LogP contribution in [0, 0.1) is 11.3 Å². The molecule has 1 nitrogen and oxygen atoms in total. The Hall–Kier alpha value is -1.50. The Balaban J connectivity index is 2.02. The Morgan fingerprint density at radius 1 is 1.21 bits per heavy atom. The van der Waals surface area contributed by atoms with Crippen LogP contribution in [-0.2, 0) is 6.42 Å². The van der Waals surface area contributed by atoms with Gasteiger partial charge in [-0.2, -0.15) is 0 Å². The van der Waals surface area contributed by atoms with Gasteiger partial charge in [0, 0.05) is 0 Å². The van der Waals surface area contributed by atoms with Crippen molar-refractivity contribution in [1.29, 1.82) is 0 Å². The summed E-state index contributed by atoms with van der Waals surface area (Å²) in [5.41, 5.74) is 3.08. The molecule has 1 aliphatic carbocycles. The first-order valence-corrected chi connectivity index (χ1v) is 7.05. The number of hydrogen-bond donors (Lipinski definition) is 0. The number of allylic oxidation sites excluding steroid dienone is 4. The summed E-state index contributed by atoms with van der Waals surface area (Å²) in [5, 5.41) is 0. The third kappa shape index (κ3) is 3.28. The first-order chi connectivity index (χ1) is 9.03. The molecule has 1 aliphatic rings. The number of ether oxygens (including phenoxy) is 1. The van der Waals surface area contributed by atoms with Gasteiger partial charge in [0.05, 0.1) is 7.11 Å². The lowest BCUT2D eigenvalue weighted by atomic mass is 9.73. The van der Waals surface area contributed by atoms with Crippen LogP contribution < -0.4 is 4.74 Å². The van der Waals surface area contributed by atoms with E-state index in [9.17, 15) is 0 Å². The van der Waals surface area contributed by atoms with Crippen molar-refractivity contribution in [2.45, 2.75) is 33.6 Å². The molecule has 0 heterocycles. The Morgan fingerprint density at radius 3 is 2.37 bits per heavy atom. The molecule has 0 fully saturated rings. The Labute approximate surface area is 117 Å². The van der Waals surface area contributed by atoms with E-state index in [-0.39, 0.29) is 0 Å². The molecule has 0 saturated carbocycles. The van der Waals surface area contributed by atoms with Crippen molar-refractivity contribution in [1.82, 2.24) is 0 Å². The molecule has 2 rings (SSSR count). The molecule has 0 bridgehead atoms. The molecule has 19 heavy (non-hydrogen) atoms. The lowest BCUT2D eigenvalue weighted by Gasteiger charge is -2.32. The number of methoxy groups -OCH3 is 1. The van der Waals surface area contributed by atoms with E-state index < -0.39 is 0 Å². The maximum Gasteiger partial charge on any atom is 0.118 e. The van der Waals surface area contributed by atoms with Crippen LogP contribution in [0.2, 0.25) is 0 Å². The largest absolute Gasteiger partial charge is 0.497 e. The first kappa shape index (κ1) is 13.9. The van der Waals surface area contributed by atoms with Crippen LogP contribution >= 0.6 is 0 Å². The molecule has 0 saturated heterocycles. The highest BCUT2D eigenvalue weighted by molar-refractivity contribution is 5.35. The molecule has 0 N–H and O–H groups in total. The summed E-state index contributed by atoms with van der Waals surface area (Å²) >= 11 is 0. The van der Waals surface area contributed by atoms with E-state index in [4.69, 9.17) is 4.74 Å². The molecule has 102 valence electrons. The highest BCUT2D eigenvalue weighted by Crippen LogP contribution is 2.37. The number of rotatable bonds is 4. The average Bonchev–Trinajstić information content (AvgIpc) is 2.42. The van der Waals surface area contributed by atoms with Crippen molar-refractivity contribution in [3.05, 3.63) is 53.6 Å². The zero-order valence-electron chi connectivity index (χ0n) is 12.4. The predicted molar refractivity (Wildman–Crippen MR) is 81.5 cm³/mol. The second kappa shape index (κ2) is 5.64. The minimum absolute atomic E-state index is 0.323. The van der Waals surface area contributed by atoms with E-state index in [0.717, 1.165) is 18.6 Å². The molecule has 1 unspecified atom stereocenters. The highest BCUT2D eigenvalue weighted by atomic mass is 16.5. The van der Waals surface area contributed by atoms with E-state index in [2.05, 4.69) is 51.1 Å². The molecule has 0 amide bonds. The quantitative estimate of drug-likeness (QED) is 0.753. The molecule has 0 spiro atoms. The molecule has 1 atom stereocenters. The summed E-state index contributed by atoms with van der Waals surface area (Å²) < 4.78 is 5.18. The van der Waals surface area contributed by atoms with Gasteiger partial charge < -0.3 is 4.74 Å². The highest BCUT2D eigenvalue weighted by Gasteiger charge is 2.26. The monoisotopic (exact) mass is 256 g/mol. The molecule has 0 aromatic heterocycles. The van der Waals surface area contributed by atoms with E-state index in [1.165, 1.54) is 11.1 Å². The van der Waals surface area contributed by atoms with Gasteiger partial charge in [0.2, 0.25) is 0 Å². The summed E-state index contributed by atoms with van der Waals surface area (Å²) in [5.74, 6) is 1.60. The molecule has 1 heteroatoms. The van der Waals surface area contributed by atoms with Gasteiger partial charge in [-0.15, -0.1) is 0 Å². The molecule has 0 aliphatic heterocycles. The average molecular weight is 256 g/mol. The van der Waals surface area contributed by atoms with Gasteiger partial charge in [0.25, 0.3) is 0 Å². The molecule has 0 radical (unpaired) electrons. The number of benzene rings is 1. The van der Waals surface area contributed by atoms with Crippen LogP contribution in [0.15, 0.2) is 48.1 Å². The maximum atomic E-state index is 5.18. The minimum atomic E-state index is 0.323. The summed E-state index contributed by atoms with van der Waals surface area (Å²) in [6, 6.07) is 8.34. The van der Waals surface area contributed by atoms with Crippen molar-refractivity contribution in [2.24, 2.45) is 11.3 Å². The smallest absolute Gasteiger partial charge is 0.118 e. The van der Waals surface area contributed by atoms with Gasteiger partial charge in [-0.1, -0.05) is 51.1 Å². The fourth-order valence-corrected chi connectivity index (χ4v) is 2.32. The van der Waals surface area contributed by atoms with Crippen LogP contribution in [0.25, 0.3) is 0 Å². The third-order valence-corrected chi connectivity index (χ3v) is 4.37. The fraction of sp³-hybridized carbons (Fsp3) is 0.444. The van der Waals surface area contributed by atoms with Gasteiger partial charge in [0.15, 0.2) is 0 Å². The summed E-state index contributed by atoms with van der Waals surface area (Å²) in [7, 11) is 1.70. The number of hydrogen-bond acceptors (Lipinski definition) is 1. The summed E-state index contributed by atoms with van der Waals surface area (Å²) in [6.07, 6.45) is 9.23. The topological polar surface area (TPSA) is 9.23 Å². The molecule has 1 aromatic carbocycles. The van der Waals surface area contributed by atoms with Crippen molar-refractivity contribution in [3.8, 4) is 5.75 Å². The third-order valence-electron chi connectivity index (χ3n) is 4.37. The van der Waals surface area contributed by atoms with Crippen molar-refractivity contribution in [3.63, 3.8) is 0 Å². The van der Waals surface area contributed by atoms with Crippen LogP contribution in [-0.4, -0.2) is 7.11 Å². The molecule has 1 aromatic rings. The van der Waals surface area contributed by atoms with Gasteiger partial charge in [-0.25, -0.2) is 0 Å². The standard InChI is InChI=1S/C18H24O/c1-14(2)18(3)11-9-16(10-12-18)13-15-5-7-17(19-4)8-6-15/h5-11,14H,12-13H2,1-4H3. The lowest BCUT2D eigenvalue weighted by molar-refractivity contribution is 0.298. The first-order valence-electron chi connectivity index (χ1n) is 7.05. The van der Waals surface area contributed by atoms with Crippen molar-refractivity contribution in [2.75, 3.05) is 7.11 Å². The normalized spacial score (nSPS) is 22.5. The van der Waals surface area contributed by atoms with E-state index in [1.807, 2.05) is 12.1 Å². The van der Waals surface area contributed by atoms with Gasteiger partial charge in [-0.3, -0.25) is 0 Å². The maximum absolute atomic E-state index is 5.18. The van der Waals surface area contributed by atoms with Gasteiger partial charge in [0.1, 0.15) is 5.75 Å². The van der Waals surface area contributed by atoms with Crippen LogP contribution in [0.4, 0.5) is 0 Å². The predicted octanol–water partition coefficient (Wildman–Crippen LogP) is 4.79. The Morgan fingerprint density at radius 2 is 1.89 bits per heavy atom. The van der Waals surface area contributed by atoms with Gasteiger partial charge in [-0.05, 0) is 47.4 Å². The second-order valence-electron chi connectivity index (χ2n) is 6.00. The van der Waals surface area contributed by atoms with Crippen LogP contribution in [0.5, 0.6) is 5.75 Å². The lowest BCUT2D eigenvalue weighted by Crippen LogP contribution is -2.22. The van der Waals surface area contributed by atoms with Crippen LogP contribution in [0.1, 0.15) is 32.8 Å². The van der Waals surface area contributed by atoms with Gasteiger partial charge >= 0.3 is 0 Å². The second-order valence-corrected chi connectivity index (χ2v) is 6.00. The Bertz CT molecular complexity index is 479. The summed E-state index contributed by atoms with van der Waals surface area (Å²) in [6.45, 7) is 6.94. The Kier molecular flexibility index (Phi) is 4.14. The summed E-state index contributed by atoms with van der Waals surface area (Å²) in [4.78, 5) is 0. The SMILES string of the molecule is COc1ccc(CC2=CCC(C)(C(C)C)C=C2)cc1. The zero-order valence-corrected chi connectivity index (χ0v) is 12.4. The van der Waals surface area contributed by atoms with Crippen molar-refractivity contribution < 1.29 is 4.74 Å². The molecular formula is C18H24O. The van der Waals surface area contributed by atoms with Crippen molar-refractivity contribution >= 4 is 0 Å². The van der Waals surface area contributed by atoms with E-state index in [0.29, 0.717) is 11.3 Å². The minimum Gasteiger partial charge on any atom is -0.497 e. The molecular weight excluding hydrogens is 232 g/mol.